The third-order valence-electron chi connectivity index (χ3n) is 1.40. The topological polar surface area (TPSA) is 78.8 Å². The number of aromatic nitrogens is 2. The summed E-state index contributed by atoms with van der Waals surface area (Å²) in [7, 11) is 1.28. The zero-order chi connectivity index (χ0) is 9.68. The Balaban J connectivity index is 2.97. The maximum atomic E-state index is 11.0. The van der Waals surface area contributed by atoms with E-state index in [1.54, 1.807) is 0 Å². The van der Waals surface area contributed by atoms with Crippen LogP contribution in [0, 0.1) is 11.3 Å². The molecule has 1 aromatic rings. The molecular weight excluding hydrogens is 170 g/mol. The van der Waals surface area contributed by atoms with Gasteiger partial charge in [-0.25, -0.2) is 4.79 Å². The van der Waals surface area contributed by atoms with Crippen molar-refractivity contribution in [3.8, 4) is 6.07 Å². The van der Waals surface area contributed by atoms with E-state index < -0.39 is 5.97 Å². The molecule has 1 aromatic heterocycles. The van der Waals surface area contributed by atoms with Crippen LogP contribution in [0.2, 0.25) is 0 Å². The molecule has 0 atom stereocenters. The van der Waals surface area contributed by atoms with Crippen LogP contribution in [-0.2, 0) is 4.74 Å². The third kappa shape index (κ3) is 1.93. The van der Waals surface area contributed by atoms with Crippen molar-refractivity contribution in [3.63, 3.8) is 0 Å². The predicted octanol–water partition coefficient (Wildman–Crippen LogP) is 0.733. The van der Waals surface area contributed by atoms with Crippen molar-refractivity contribution >= 4 is 12.0 Å². The second-order valence-corrected chi connectivity index (χ2v) is 2.15. The molecule has 1 heterocycles. The largest absolute Gasteiger partial charge is 0.464 e. The van der Waals surface area contributed by atoms with Gasteiger partial charge < -0.3 is 4.74 Å². The second-order valence-electron chi connectivity index (χ2n) is 2.15. The minimum absolute atomic E-state index is 0.244. The first kappa shape index (κ1) is 9.00. The minimum atomic E-state index is -0.505. The zero-order valence-electron chi connectivity index (χ0n) is 6.94. The van der Waals surface area contributed by atoms with Crippen molar-refractivity contribution in [3.05, 3.63) is 23.5 Å². The molecule has 0 radical (unpaired) electrons. The summed E-state index contributed by atoms with van der Waals surface area (Å²) < 4.78 is 4.49. The second kappa shape index (κ2) is 4.07. The highest BCUT2D eigenvalue weighted by Gasteiger charge is 2.11. The molecular formula is C8H7N3O2. The molecule has 1 N–H and O–H groups in total. The number of nitriles is 1. The number of nitrogens with one attached hydrogen (secondary N) is 1. The summed E-state index contributed by atoms with van der Waals surface area (Å²) in [6.07, 6.45) is 4.19. The number of esters is 1. The maximum Gasteiger partial charge on any atom is 0.356 e. The van der Waals surface area contributed by atoms with Crippen LogP contribution in [0.3, 0.4) is 0 Å². The summed E-state index contributed by atoms with van der Waals surface area (Å²) in [5.74, 6) is -0.505. The average Bonchev–Trinajstić information content (AvgIpc) is 2.61. The molecule has 0 saturated heterocycles. The fourth-order valence-electron chi connectivity index (χ4n) is 0.814. The van der Waals surface area contributed by atoms with Crippen LogP contribution in [0.5, 0.6) is 0 Å². The van der Waals surface area contributed by atoms with E-state index in [1.165, 1.54) is 25.5 Å². The lowest BCUT2D eigenvalue weighted by Gasteiger charge is -1.94. The van der Waals surface area contributed by atoms with Gasteiger partial charge in [-0.2, -0.15) is 10.4 Å². The van der Waals surface area contributed by atoms with Gasteiger partial charge >= 0.3 is 5.97 Å². The number of carbonyl (C=O) groups excluding carboxylic acids is 1. The highest BCUT2D eigenvalue weighted by atomic mass is 16.5. The van der Waals surface area contributed by atoms with Gasteiger partial charge in [0, 0.05) is 11.6 Å². The Bertz CT molecular complexity index is 373. The van der Waals surface area contributed by atoms with E-state index in [0.29, 0.717) is 5.56 Å². The molecule has 13 heavy (non-hydrogen) atoms. The lowest BCUT2D eigenvalue weighted by atomic mass is 10.2. The Kier molecular flexibility index (Phi) is 2.82. The average molecular weight is 177 g/mol. The number of methoxy groups -OCH3 is 1. The van der Waals surface area contributed by atoms with Crippen LogP contribution >= 0.6 is 0 Å². The van der Waals surface area contributed by atoms with Crippen molar-refractivity contribution in [2.75, 3.05) is 7.11 Å². The van der Waals surface area contributed by atoms with Gasteiger partial charge in [0.25, 0.3) is 0 Å². The first-order valence-corrected chi connectivity index (χ1v) is 3.47. The normalized spacial score (nSPS) is 9.85. The van der Waals surface area contributed by atoms with Crippen molar-refractivity contribution in [1.82, 2.24) is 10.2 Å². The maximum absolute atomic E-state index is 11.0. The molecule has 0 aliphatic rings. The quantitative estimate of drug-likeness (QED) is 0.533. The van der Waals surface area contributed by atoms with E-state index in [4.69, 9.17) is 5.26 Å². The molecule has 5 nitrogen and oxygen atoms in total. The number of allylic oxidation sites excluding steroid dienone is 1. The number of hydrogen-bond acceptors (Lipinski definition) is 4. The molecule has 0 fully saturated rings. The van der Waals surface area contributed by atoms with E-state index >= 15 is 0 Å². The van der Waals surface area contributed by atoms with Crippen molar-refractivity contribution in [2.24, 2.45) is 0 Å². The molecule has 0 spiro atoms. The Morgan fingerprint density at radius 2 is 2.62 bits per heavy atom. The summed E-state index contributed by atoms with van der Waals surface area (Å²) in [5, 5.41) is 14.4. The van der Waals surface area contributed by atoms with E-state index in [9.17, 15) is 4.79 Å². The van der Waals surface area contributed by atoms with Crippen LogP contribution in [-0.4, -0.2) is 23.3 Å². The van der Waals surface area contributed by atoms with Gasteiger partial charge in [-0.3, -0.25) is 5.10 Å². The molecule has 0 aliphatic heterocycles. The first-order valence-electron chi connectivity index (χ1n) is 3.47. The van der Waals surface area contributed by atoms with Crippen LogP contribution in [0.1, 0.15) is 16.1 Å². The number of rotatable bonds is 2. The van der Waals surface area contributed by atoms with Gasteiger partial charge in [0.2, 0.25) is 0 Å². The van der Waals surface area contributed by atoms with Gasteiger partial charge in [-0.1, -0.05) is 0 Å². The fourth-order valence-corrected chi connectivity index (χ4v) is 0.814. The van der Waals surface area contributed by atoms with Crippen LogP contribution in [0.4, 0.5) is 0 Å². The van der Waals surface area contributed by atoms with Crippen LogP contribution in [0.15, 0.2) is 12.3 Å². The number of aromatic amines is 1. The summed E-state index contributed by atoms with van der Waals surface area (Å²) in [5.41, 5.74) is 0.780. The van der Waals surface area contributed by atoms with Gasteiger partial charge in [0.15, 0.2) is 5.69 Å². The van der Waals surface area contributed by atoms with Crippen molar-refractivity contribution < 1.29 is 9.53 Å². The summed E-state index contributed by atoms with van der Waals surface area (Å²) in [4.78, 5) is 11.0. The number of ether oxygens (including phenoxy) is 1. The van der Waals surface area contributed by atoms with E-state index in [2.05, 4.69) is 14.9 Å². The molecule has 66 valence electrons. The number of carbonyl (C=O) groups is 1. The van der Waals surface area contributed by atoms with E-state index in [1.807, 2.05) is 6.07 Å². The summed E-state index contributed by atoms with van der Waals surface area (Å²) >= 11 is 0. The molecule has 0 aromatic carbocycles. The lowest BCUT2D eigenvalue weighted by molar-refractivity contribution is 0.0594. The Morgan fingerprint density at radius 1 is 1.85 bits per heavy atom. The molecule has 0 aliphatic carbocycles. The minimum Gasteiger partial charge on any atom is -0.464 e. The van der Waals surface area contributed by atoms with Crippen LogP contribution < -0.4 is 0 Å². The smallest absolute Gasteiger partial charge is 0.356 e. The fraction of sp³-hybridized carbons (Fsp3) is 0.125. The first-order chi connectivity index (χ1) is 6.29. The molecule has 0 unspecified atom stereocenters. The SMILES string of the molecule is COC(=O)c1[nH]ncc1C=CC#N. The molecule has 0 bridgehead atoms. The molecule has 0 amide bonds. The lowest BCUT2D eigenvalue weighted by Crippen LogP contribution is -2.03. The monoisotopic (exact) mass is 177 g/mol. The van der Waals surface area contributed by atoms with E-state index in [-0.39, 0.29) is 5.69 Å². The Hall–Kier alpha value is -2.09. The third-order valence-corrected chi connectivity index (χ3v) is 1.40. The number of hydrogen-bond donors (Lipinski definition) is 1. The molecule has 0 saturated carbocycles. The molecule has 1 rings (SSSR count). The van der Waals surface area contributed by atoms with Crippen molar-refractivity contribution in [1.29, 1.82) is 5.26 Å². The van der Waals surface area contributed by atoms with Crippen LogP contribution in [0.25, 0.3) is 6.08 Å². The van der Waals surface area contributed by atoms with Crippen molar-refractivity contribution in [2.45, 2.75) is 0 Å². The number of H-pyrrole nitrogens is 1. The summed E-state index contributed by atoms with van der Waals surface area (Å²) in [6, 6.07) is 1.82. The van der Waals surface area contributed by atoms with Gasteiger partial charge in [0.05, 0.1) is 19.4 Å². The zero-order valence-corrected chi connectivity index (χ0v) is 6.94. The van der Waals surface area contributed by atoms with Gasteiger partial charge in [-0.05, 0) is 6.08 Å². The molecule has 5 heteroatoms. The highest BCUT2D eigenvalue weighted by molar-refractivity contribution is 5.91. The van der Waals surface area contributed by atoms with Gasteiger partial charge in [0.1, 0.15) is 0 Å². The predicted molar refractivity (Wildman–Crippen MR) is 44.6 cm³/mol. The summed E-state index contributed by atoms with van der Waals surface area (Å²) in [6.45, 7) is 0. The highest BCUT2D eigenvalue weighted by Crippen LogP contribution is 2.07. The van der Waals surface area contributed by atoms with E-state index in [0.717, 1.165) is 0 Å². The number of nitrogens with zero attached hydrogens (tertiary/aromatic N) is 2. The van der Waals surface area contributed by atoms with Gasteiger partial charge in [-0.15, -0.1) is 0 Å². The Labute approximate surface area is 74.6 Å². The Morgan fingerprint density at radius 3 is 3.23 bits per heavy atom. The standard InChI is InChI=1S/C8H7N3O2/c1-13-8(12)7-6(3-2-4-9)5-10-11-7/h2-3,5H,1H3,(H,10,11).